The largest absolute Gasteiger partial charge is 0.290 e. The molecule has 1 atom stereocenters. The van der Waals surface area contributed by atoms with Gasteiger partial charge in [-0.05, 0) is 68.1 Å². The Labute approximate surface area is 181 Å². The van der Waals surface area contributed by atoms with E-state index in [1.165, 1.54) is 18.4 Å². The van der Waals surface area contributed by atoms with Crippen LogP contribution in [0.4, 0.5) is 0 Å². The Morgan fingerprint density at radius 2 is 1.90 bits per heavy atom. The van der Waals surface area contributed by atoms with E-state index in [1.807, 2.05) is 37.6 Å². The van der Waals surface area contributed by atoms with Gasteiger partial charge in [0.25, 0.3) is 0 Å². The summed E-state index contributed by atoms with van der Waals surface area (Å²) in [4.78, 5) is 16.2. The standard InChI is InChI=1S/C23H24Cl2N4/c1-15-12-26-9-8-18(15)19-13-27-16(2)28-23(19)22-5-3-4-10-29(22)14-17-6-7-20(24)21(25)11-17/h6-9,11-13,22H,3-5,10,14H2,1-2H3/t22-/m1/s1. The molecule has 4 rings (SSSR count). The average molecular weight is 427 g/mol. The van der Waals surface area contributed by atoms with Gasteiger partial charge < -0.3 is 0 Å². The molecule has 0 N–H and O–H groups in total. The number of hydrogen-bond donors (Lipinski definition) is 0. The molecule has 3 heterocycles. The van der Waals surface area contributed by atoms with E-state index in [4.69, 9.17) is 28.2 Å². The summed E-state index contributed by atoms with van der Waals surface area (Å²) in [5, 5.41) is 1.19. The molecule has 0 spiro atoms. The molecule has 6 heteroatoms. The minimum absolute atomic E-state index is 0.238. The third-order valence-corrected chi connectivity index (χ3v) is 6.29. The van der Waals surface area contributed by atoms with Crippen LogP contribution in [0, 0.1) is 13.8 Å². The number of hydrogen-bond acceptors (Lipinski definition) is 4. The normalized spacial score (nSPS) is 17.4. The van der Waals surface area contributed by atoms with Crippen molar-refractivity contribution in [2.24, 2.45) is 0 Å². The zero-order chi connectivity index (χ0) is 20.4. The Balaban J connectivity index is 1.72. The van der Waals surface area contributed by atoms with Crippen molar-refractivity contribution in [3.8, 4) is 11.1 Å². The molecule has 0 amide bonds. The number of pyridine rings is 1. The van der Waals surface area contributed by atoms with Crippen LogP contribution < -0.4 is 0 Å². The maximum absolute atomic E-state index is 6.25. The zero-order valence-corrected chi connectivity index (χ0v) is 18.2. The van der Waals surface area contributed by atoms with Gasteiger partial charge in [0.05, 0.1) is 21.8 Å². The lowest BCUT2D eigenvalue weighted by atomic mass is 9.92. The van der Waals surface area contributed by atoms with Gasteiger partial charge in [-0.1, -0.05) is 35.7 Å². The summed E-state index contributed by atoms with van der Waals surface area (Å²) in [5.41, 5.74) is 5.65. The minimum Gasteiger partial charge on any atom is -0.290 e. The molecule has 1 aromatic carbocycles. The highest BCUT2D eigenvalue weighted by Gasteiger charge is 2.28. The molecule has 0 radical (unpaired) electrons. The smallest absolute Gasteiger partial charge is 0.125 e. The molecular weight excluding hydrogens is 403 g/mol. The van der Waals surface area contributed by atoms with Gasteiger partial charge in [0, 0.05) is 30.7 Å². The fourth-order valence-electron chi connectivity index (χ4n) is 4.09. The number of rotatable bonds is 4. The van der Waals surface area contributed by atoms with Gasteiger partial charge in [-0.3, -0.25) is 9.88 Å². The SMILES string of the molecule is Cc1ncc(-c2ccncc2C)c([C@H]2CCCCN2Cc2ccc(Cl)c(Cl)c2)n1. The van der Waals surface area contributed by atoms with Crippen LogP contribution in [-0.2, 0) is 6.54 Å². The predicted octanol–water partition coefficient (Wildman–Crippen LogP) is 6.19. The van der Waals surface area contributed by atoms with Crippen LogP contribution >= 0.6 is 23.2 Å². The highest BCUT2D eigenvalue weighted by molar-refractivity contribution is 6.42. The quantitative estimate of drug-likeness (QED) is 0.498. The number of aryl methyl sites for hydroxylation is 2. The Bertz CT molecular complexity index is 1020. The Morgan fingerprint density at radius 1 is 1.03 bits per heavy atom. The summed E-state index contributed by atoms with van der Waals surface area (Å²) in [6.45, 7) is 5.89. The van der Waals surface area contributed by atoms with Gasteiger partial charge in [-0.25, -0.2) is 9.97 Å². The highest BCUT2D eigenvalue weighted by atomic mass is 35.5. The first-order valence-electron chi connectivity index (χ1n) is 9.95. The molecule has 0 saturated carbocycles. The fourth-order valence-corrected chi connectivity index (χ4v) is 4.41. The molecule has 1 aliphatic rings. The number of nitrogens with zero attached hydrogens (tertiary/aromatic N) is 4. The minimum atomic E-state index is 0.238. The van der Waals surface area contributed by atoms with Crippen molar-refractivity contribution in [1.82, 2.24) is 19.9 Å². The van der Waals surface area contributed by atoms with Crippen molar-refractivity contribution < 1.29 is 0 Å². The molecule has 0 bridgehead atoms. The van der Waals surface area contributed by atoms with E-state index < -0.39 is 0 Å². The van der Waals surface area contributed by atoms with E-state index in [0.717, 1.165) is 47.7 Å². The molecule has 3 aromatic rings. The maximum atomic E-state index is 6.25. The summed E-state index contributed by atoms with van der Waals surface area (Å²) in [5.74, 6) is 0.801. The first kappa shape index (κ1) is 20.3. The van der Waals surface area contributed by atoms with Gasteiger partial charge in [0.2, 0.25) is 0 Å². The van der Waals surface area contributed by atoms with Gasteiger partial charge in [-0.15, -0.1) is 0 Å². The molecule has 29 heavy (non-hydrogen) atoms. The lowest BCUT2D eigenvalue weighted by Gasteiger charge is -2.36. The molecule has 2 aromatic heterocycles. The molecule has 4 nitrogen and oxygen atoms in total. The Kier molecular flexibility index (Phi) is 6.14. The molecule has 1 saturated heterocycles. The number of piperidine rings is 1. The Morgan fingerprint density at radius 3 is 2.69 bits per heavy atom. The number of benzene rings is 1. The number of likely N-dealkylation sites (tertiary alicyclic amines) is 1. The van der Waals surface area contributed by atoms with Crippen LogP contribution in [0.25, 0.3) is 11.1 Å². The molecule has 150 valence electrons. The average Bonchev–Trinajstić information content (AvgIpc) is 2.72. The van der Waals surface area contributed by atoms with Crippen molar-refractivity contribution >= 4 is 23.2 Å². The molecular formula is C23H24Cl2N4. The summed E-state index contributed by atoms with van der Waals surface area (Å²) < 4.78 is 0. The van der Waals surface area contributed by atoms with Crippen molar-refractivity contribution in [3.63, 3.8) is 0 Å². The second-order valence-corrected chi connectivity index (χ2v) is 8.45. The van der Waals surface area contributed by atoms with Crippen LogP contribution in [0.3, 0.4) is 0 Å². The topological polar surface area (TPSA) is 41.9 Å². The van der Waals surface area contributed by atoms with Gasteiger partial charge in [0.15, 0.2) is 0 Å². The van der Waals surface area contributed by atoms with Crippen LogP contribution in [0.15, 0.2) is 42.9 Å². The van der Waals surface area contributed by atoms with E-state index in [0.29, 0.717) is 10.0 Å². The van der Waals surface area contributed by atoms with Gasteiger partial charge in [0.1, 0.15) is 5.82 Å². The fraction of sp³-hybridized carbons (Fsp3) is 0.348. The van der Waals surface area contributed by atoms with Crippen molar-refractivity contribution in [3.05, 3.63) is 75.5 Å². The van der Waals surface area contributed by atoms with Crippen molar-refractivity contribution in [2.75, 3.05) is 6.54 Å². The first-order valence-corrected chi connectivity index (χ1v) is 10.7. The Hall–Kier alpha value is -2.01. The molecule has 0 unspecified atom stereocenters. The summed E-state index contributed by atoms with van der Waals surface area (Å²) in [6, 6.07) is 8.19. The maximum Gasteiger partial charge on any atom is 0.125 e. The summed E-state index contributed by atoms with van der Waals surface area (Å²) in [6.07, 6.45) is 9.15. The second kappa shape index (κ2) is 8.78. The third kappa shape index (κ3) is 4.45. The van der Waals surface area contributed by atoms with Crippen LogP contribution in [-0.4, -0.2) is 26.4 Å². The molecule has 1 fully saturated rings. The van der Waals surface area contributed by atoms with E-state index >= 15 is 0 Å². The lowest BCUT2D eigenvalue weighted by molar-refractivity contribution is 0.137. The number of aromatic nitrogens is 3. The third-order valence-electron chi connectivity index (χ3n) is 5.55. The second-order valence-electron chi connectivity index (χ2n) is 7.64. The monoisotopic (exact) mass is 426 g/mol. The number of halogens is 2. The van der Waals surface area contributed by atoms with Crippen LogP contribution in [0.2, 0.25) is 10.0 Å². The first-order chi connectivity index (χ1) is 14.0. The van der Waals surface area contributed by atoms with Crippen LogP contribution in [0.1, 0.15) is 47.9 Å². The van der Waals surface area contributed by atoms with E-state index in [-0.39, 0.29) is 6.04 Å². The van der Waals surface area contributed by atoms with Gasteiger partial charge in [-0.2, -0.15) is 0 Å². The summed E-state index contributed by atoms with van der Waals surface area (Å²) >= 11 is 12.4. The van der Waals surface area contributed by atoms with E-state index in [1.54, 1.807) is 0 Å². The highest BCUT2D eigenvalue weighted by Crippen LogP contribution is 2.37. The predicted molar refractivity (Wildman–Crippen MR) is 118 cm³/mol. The van der Waals surface area contributed by atoms with E-state index in [2.05, 4.69) is 33.9 Å². The molecule has 1 aliphatic heterocycles. The zero-order valence-electron chi connectivity index (χ0n) is 16.7. The molecule has 0 aliphatic carbocycles. The van der Waals surface area contributed by atoms with Crippen molar-refractivity contribution in [2.45, 2.75) is 45.7 Å². The van der Waals surface area contributed by atoms with Crippen LogP contribution in [0.5, 0.6) is 0 Å². The summed E-state index contributed by atoms with van der Waals surface area (Å²) in [7, 11) is 0. The lowest BCUT2D eigenvalue weighted by Crippen LogP contribution is -2.34. The van der Waals surface area contributed by atoms with Gasteiger partial charge >= 0.3 is 0 Å². The van der Waals surface area contributed by atoms with E-state index in [9.17, 15) is 0 Å². The van der Waals surface area contributed by atoms with Crippen molar-refractivity contribution in [1.29, 1.82) is 0 Å².